The quantitative estimate of drug-likeness (QED) is 0.0136. The van der Waals surface area contributed by atoms with E-state index in [-0.39, 0.29) is 75.6 Å². The zero-order valence-corrected chi connectivity index (χ0v) is 55.1. The summed E-state index contributed by atoms with van der Waals surface area (Å²) in [5, 5.41) is 1.50. The molecule has 0 bridgehead atoms. The van der Waals surface area contributed by atoms with E-state index in [4.69, 9.17) is 47.4 Å². The summed E-state index contributed by atoms with van der Waals surface area (Å²) >= 11 is 1.68. The third-order valence-electron chi connectivity index (χ3n) is 14.3. The lowest BCUT2D eigenvalue weighted by atomic mass is 9.97. The van der Waals surface area contributed by atoms with Gasteiger partial charge in [0, 0.05) is 45.3 Å². The van der Waals surface area contributed by atoms with Crippen molar-refractivity contribution in [2.75, 3.05) is 123 Å². The van der Waals surface area contributed by atoms with Crippen LogP contribution in [-0.2, 0) is 66.5 Å². The Morgan fingerprint density at radius 1 is 0.557 bits per heavy atom. The van der Waals surface area contributed by atoms with Crippen molar-refractivity contribution >= 4 is 96.0 Å². The van der Waals surface area contributed by atoms with Crippen LogP contribution in [0.25, 0.3) is 28.3 Å². The Morgan fingerprint density at radius 3 is 1.53 bits per heavy atom. The van der Waals surface area contributed by atoms with Crippen LogP contribution in [-0.4, -0.2) is 158 Å². The maximum atomic E-state index is 14.6. The Hall–Kier alpha value is -4.39. The summed E-state index contributed by atoms with van der Waals surface area (Å²) in [6.45, 7) is 8.63. The number of rotatable bonds is 41. The highest BCUT2D eigenvalue weighted by Crippen LogP contribution is 2.44. The fourth-order valence-corrected chi connectivity index (χ4v) is 15.9. The SMILES string of the molecule is CC(C(=O)OCCOCCOCCOCCOC(=O)CCCCC1CCSS1)c1ccc(-c2ccccc2)c(F)c1.CSc1ccc(C=C2C(C)=C(CC(=O)OCCOCCOCCOCCOC(=O)CCCCC3CCSS3)c3cc(F)ccc32)cc1. The van der Waals surface area contributed by atoms with Crippen LogP contribution in [0, 0.1) is 11.6 Å². The van der Waals surface area contributed by atoms with Gasteiger partial charge in [-0.25, -0.2) is 8.78 Å². The van der Waals surface area contributed by atoms with Gasteiger partial charge in [0.05, 0.1) is 91.6 Å². The molecule has 0 radical (unpaired) electrons. The van der Waals surface area contributed by atoms with Gasteiger partial charge >= 0.3 is 23.9 Å². The molecule has 0 amide bonds. The second-order valence-electron chi connectivity index (χ2n) is 20.8. The summed E-state index contributed by atoms with van der Waals surface area (Å²) in [6.07, 6.45) is 13.9. The molecule has 482 valence electrons. The Kier molecular flexibility index (Phi) is 35.8. The summed E-state index contributed by atoms with van der Waals surface area (Å²) in [7, 11) is 7.84. The Morgan fingerprint density at radius 2 is 1.05 bits per heavy atom. The van der Waals surface area contributed by atoms with E-state index in [0.717, 1.165) is 75.2 Å². The number of unbranched alkanes of at least 4 members (excludes halogenated alkanes) is 2. The molecule has 0 spiro atoms. The molecule has 0 N–H and O–H groups in total. The average Bonchev–Trinajstić information content (AvgIpc) is 2.42. The second-order valence-corrected chi connectivity index (χ2v) is 27.2. The zero-order chi connectivity index (χ0) is 62.4. The van der Waals surface area contributed by atoms with E-state index < -0.39 is 11.9 Å². The van der Waals surface area contributed by atoms with E-state index in [9.17, 15) is 28.0 Å². The number of carbonyl (C=O) groups excluding carboxylic acids is 4. The van der Waals surface area contributed by atoms with Crippen molar-refractivity contribution in [3.63, 3.8) is 0 Å². The molecule has 0 aromatic heterocycles. The minimum Gasteiger partial charge on any atom is -0.463 e. The lowest BCUT2D eigenvalue weighted by Gasteiger charge is -2.13. The fraction of sp³-hybridized carbons (Fsp3) is 0.522. The van der Waals surface area contributed by atoms with Gasteiger partial charge in [0.15, 0.2) is 0 Å². The first-order valence-electron chi connectivity index (χ1n) is 30.4. The van der Waals surface area contributed by atoms with Gasteiger partial charge in [0.2, 0.25) is 0 Å². The predicted molar refractivity (Wildman–Crippen MR) is 353 cm³/mol. The molecule has 0 saturated carbocycles. The molecule has 21 heteroatoms. The fourth-order valence-electron chi connectivity index (χ4n) is 9.44. The molecular formula is C67H86F2O14S5. The number of thioether (sulfide) groups is 1. The van der Waals surface area contributed by atoms with E-state index in [0.29, 0.717) is 90.0 Å². The molecule has 14 nitrogen and oxygen atoms in total. The number of allylic oxidation sites excluding steroid dienone is 2. The van der Waals surface area contributed by atoms with Crippen molar-refractivity contribution in [2.24, 2.45) is 0 Å². The van der Waals surface area contributed by atoms with Crippen LogP contribution in [0.4, 0.5) is 8.78 Å². The number of fused-ring (bicyclic) bond motifs is 1. The molecular weight excluding hydrogens is 1230 g/mol. The van der Waals surface area contributed by atoms with Gasteiger partial charge in [-0.05, 0) is 140 Å². The minimum atomic E-state index is -0.592. The largest absolute Gasteiger partial charge is 0.463 e. The molecule has 2 saturated heterocycles. The lowest BCUT2D eigenvalue weighted by molar-refractivity contribution is -0.147. The van der Waals surface area contributed by atoms with Crippen molar-refractivity contribution in [1.82, 2.24) is 0 Å². The molecule has 3 aliphatic rings. The Balaban J connectivity index is 0.000000284. The number of esters is 4. The molecule has 4 aromatic rings. The summed E-state index contributed by atoms with van der Waals surface area (Å²) < 4.78 is 82.7. The predicted octanol–water partition coefficient (Wildman–Crippen LogP) is 14.6. The van der Waals surface area contributed by atoms with Gasteiger partial charge in [0.1, 0.15) is 38.1 Å². The van der Waals surface area contributed by atoms with Crippen LogP contribution >= 0.6 is 54.9 Å². The van der Waals surface area contributed by atoms with Gasteiger partial charge in [-0.3, -0.25) is 19.2 Å². The van der Waals surface area contributed by atoms with Gasteiger partial charge < -0.3 is 47.4 Å². The third-order valence-corrected chi connectivity index (χ3v) is 21.1. The summed E-state index contributed by atoms with van der Waals surface area (Å²) in [5.41, 5.74) is 7.20. The molecule has 3 unspecified atom stereocenters. The van der Waals surface area contributed by atoms with Crippen molar-refractivity contribution in [1.29, 1.82) is 0 Å². The lowest BCUT2D eigenvalue weighted by Crippen LogP contribution is -2.18. The molecule has 1 aliphatic carbocycles. The first kappa shape index (κ1) is 72.7. The first-order chi connectivity index (χ1) is 43.0. The molecule has 7 rings (SSSR count). The van der Waals surface area contributed by atoms with E-state index >= 15 is 0 Å². The van der Waals surface area contributed by atoms with Crippen molar-refractivity contribution in [2.45, 2.75) is 106 Å². The zero-order valence-electron chi connectivity index (χ0n) is 51.0. The topological polar surface area (TPSA) is 161 Å². The molecule has 88 heavy (non-hydrogen) atoms. The van der Waals surface area contributed by atoms with Crippen molar-refractivity contribution < 1.29 is 75.3 Å². The van der Waals surface area contributed by atoms with Gasteiger partial charge in [-0.15, -0.1) is 11.8 Å². The number of hydrogen-bond acceptors (Lipinski definition) is 19. The van der Waals surface area contributed by atoms with Crippen LogP contribution in [0.5, 0.6) is 0 Å². The smallest absolute Gasteiger partial charge is 0.313 e. The van der Waals surface area contributed by atoms with Gasteiger partial charge in [0.25, 0.3) is 0 Å². The highest BCUT2D eigenvalue weighted by Gasteiger charge is 2.27. The third kappa shape index (κ3) is 28.0. The maximum Gasteiger partial charge on any atom is 0.313 e. The molecule has 4 aromatic carbocycles. The number of carbonyl (C=O) groups is 4. The highest BCUT2D eigenvalue weighted by atomic mass is 33.1. The standard InChI is InChI=1S/C36H45FO7S3.C31H41FO7S2/c1-26-32(23-27-7-10-29(45-2)11-8-27)31-12-9-28(37)24-34(31)33(26)25-36(39)44-21-19-42-17-15-40-14-16-41-18-20-43-35(38)6-4-3-5-30-13-22-46-47-30;1-24(26-11-12-28(29(32)23-26)25-7-3-2-4-8-25)31(34)39-21-19-37-17-15-35-14-16-36-18-20-38-30(33)10-6-5-9-27-13-22-40-41-27/h7-12,23-24,30H,3-6,13-22,25H2,1-2H3;2-4,7-8,11-12,23-24,27H,5-6,9-10,13-22H2,1H3. The monoisotopic (exact) mass is 1310 g/mol. The van der Waals surface area contributed by atoms with Crippen LogP contribution < -0.4 is 0 Å². The van der Waals surface area contributed by atoms with E-state index in [1.807, 2.05) is 86.7 Å². The van der Waals surface area contributed by atoms with E-state index in [2.05, 4.69) is 30.3 Å². The van der Waals surface area contributed by atoms with E-state index in [1.165, 1.54) is 60.3 Å². The number of halogens is 2. The van der Waals surface area contributed by atoms with Crippen LogP contribution in [0.15, 0.2) is 101 Å². The van der Waals surface area contributed by atoms with Crippen LogP contribution in [0.2, 0.25) is 0 Å². The van der Waals surface area contributed by atoms with Gasteiger partial charge in [-0.1, -0.05) is 117 Å². The first-order valence-corrected chi connectivity index (χ1v) is 36.4. The second kappa shape index (κ2) is 43.4. The van der Waals surface area contributed by atoms with Crippen LogP contribution in [0.1, 0.15) is 113 Å². The summed E-state index contributed by atoms with van der Waals surface area (Å²) in [6, 6.07) is 27.0. The number of benzene rings is 4. The highest BCUT2D eigenvalue weighted by molar-refractivity contribution is 8.77. The number of hydrogen-bond donors (Lipinski definition) is 0. The van der Waals surface area contributed by atoms with Crippen LogP contribution in [0.3, 0.4) is 0 Å². The average molecular weight is 1310 g/mol. The Bertz CT molecular complexity index is 2760. The molecule has 2 heterocycles. The number of ether oxygens (including phenoxy) is 10. The summed E-state index contributed by atoms with van der Waals surface area (Å²) in [5.74, 6) is 0.0248. The normalized spacial score (nSPS) is 16.1. The molecule has 2 aliphatic heterocycles. The summed E-state index contributed by atoms with van der Waals surface area (Å²) in [4.78, 5) is 49.8. The van der Waals surface area contributed by atoms with Crippen molar-refractivity contribution in [3.8, 4) is 11.1 Å². The van der Waals surface area contributed by atoms with Gasteiger partial charge in [-0.2, -0.15) is 0 Å². The van der Waals surface area contributed by atoms with E-state index in [1.54, 1.807) is 36.9 Å². The molecule has 2 fully saturated rings. The Labute approximate surface area is 538 Å². The maximum absolute atomic E-state index is 14.6. The minimum absolute atomic E-state index is 0.0480. The molecule has 3 atom stereocenters. The van der Waals surface area contributed by atoms with Crippen molar-refractivity contribution in [3.05, 3.63) is 130 Å².